The van der Waals surface area contributed by atoms with E-state index in [1.54, 1.807) is 12.1 Å². The number of amides is 1. The van der Waals surface area contributed by atoms with Crippen molar-refractivity contribution in [1.29, 1.82) is 0 Å². The fourth-order valence-electron chi connectivity index (χ4n) is 2.39. The van der Waals surface area contributed by atoms with Crippen molar-refractivity contribution in [2.24, 2.45) is 0 Å². The first-order valence-corrected chi connectivity index (χ1v) is 9.59. The molecule has 2 aromatic carbocycles. The maximum atomic E-state index is 13.0. The normalized spacial score (nSPS) is 11.2. The van der Waals surface area contributed by atoms with Gasteiger partial charge in [-0.05, 0) is 48.4 Å². The molecule has 0 unspecified atom stereocenters. The number of carbonyl (C=O) groups excluding carboxylic acids is 1. The Morgan fingerprint density at radius 1 is 1.07 bits per heavy atom. The van der Waals surface area contributed by atoms with Crippen molar-refractivity contribution in [3.8, 4) is 0 Å². The van der Waals surface area contributed by atoms with Crippen LogP contribution >= 0.6 is 0 Å². The summed E-state index contributed by atoms with van der Waals surface area (Å²) < 4.78 is 40.4. The van der Waals surface area contributed by atoms with E-state index in [-0.39, 0.29) is 16.3 Å². The van der Waals surface area contributed by atoms with Crippen LogP contribution in [0.25, 0.3) is 0 Å². The second-order valence-electron chi connectivity index (χ2n) is 5.73. The van der Waals surface area contributed by atoms with Crippen LogP contribution in [0.4, 0.5) is 15.8 Å². The second-order valence-corrected chi connectivity index (χ2v) is 7.35. The molecule has 0 spiro atoms. The number of aromatic amines is 1. The number of sulfonamides is 1. The van der Waals surface area contributed by atoms with Crippen LogP contribution in [0.1, 0.15) is 22.8 Å². The molecule has 0 aliphatic carbocycles. The fraction of sp³-hybridized carbons (Fsp3) is 0.111. The van der Waals surface area contributed by atoms with Gasteiger partial charge in [-0.2, -0.15) is 13.5 Å². The number of aromatic nitrogens is 2. The summed E-state index contributed by atoms with van der Waals surface area (Å²) >= 11 is 0. The van der Waals surface area contributed by atoms with Gasteiger partial charge in [-0.25, -0.2) is 4.39 Å². The molecular weight excluding hydrogens is 371 g/mol. The SMILES string of the molecule is CCc1ccc(NC(=O)c2cn[nH]c2S(=O)(=O)Nc2ccc(F)cc2)cc1. The van der Waals surface area contributed by atoms with Gasteiger partial charge in [0.15, 0.2) is 5.03 Å². The number of carbonyl (C=O) groups is 1. The van der Waals surface area contributed by atoms with E-state index in [4.69, 9.17) is 0 Å². The summed E-state index contributed by atoms with van der Waals surface area (Å²) in [5.41, 5.74) is 1.67. The molecule has 1 amide bonds. The Morgan fingerprint density at radius 2 is 1.70 bits per heavy atom. The van der Waals surface area contributed by atoms with E-state index in [1.807, 2.05) is 19.1 Å². The minimum atomic E-state index is -4.11. The highest BCUT2D eigenvalue weighted by Gasteiger charge is 2.25. The molecule has 1 heterocycles. The van der Waals surface area contributed by atoms with Gasteiger partial charge in [0.1, 0.15) is 5.82 Å². The molecule has 3 aromatic rings. The van der Waals surface area contributed by atoms with E-state index >= 15 is 0 Å². The molecule has 0 aliphatic rings. The first kappa shape index (κ1) is 18.6. The van der Waals surface area contributed by atoms with E-state index in [0.29, 0.717) is 5.69 Å². The van der Waals surface area contributed by atoms with Crippen molar-refractivity contribution < 1.29 is 17.6 Å². The number of H-pyrrole nitrogens is 1. The quantitative estimate of drug-likeness (QED) is 0.603. The number of hydrogen-bond donors (Lipinski definition) is 3. The molecule has 0 saturated heterocycles. The molecule has 27 heavy (non-hydrogen) atoms. The van der Waals surface area contributed by atoms with E-state index < -0.39 is 21.7 Å². The Bertz CT molecular complexity index is 1040. The summed E-state index contributed by atoms with van der Waals surface area (Å²) in [5.74, 6) is -1.11. The Balaban J connectivity index is 1.81. The summed E-state index contributed by atoms with van der Waals surface area (Å²) in [4.78, 5) is 12.5. The lowest BCUT2D eigenvalue weighted by Crippen LogP contribution is -2.19. The van der Waals surface area contributed by atoms with Crippen LogP contribution < -0.4 is 10.0 Å². The topological polar surface area (TPSA) is 104 Å². The van der Waals surface area contributed by atoms with Crippen molar-refractivity contribution in [1.82, 2.24) is 10.2 Å². The summed E-state index contributed by atoms with van der Waals surface area (Å²) in [6.45, 7) is 2.02. The van der Waals surface area contributed by atoms with Crippen molar-refractivity contribution in [2.75, 3.05) is 10.0 Å². The van der Waals surface area contributed by atoms with Crippen molar-refractivity contribution >= 4 is 27.3 Å². The number of nitrogens with one attached hydrogen (secondary N) is 3. The van der Waals surface area contributed by atoms with Gasteiger partial charge in [-0.1, -0.05) is 19.1 Å². The van der Waals surface area contributed by atoms with Gasteiger partial charge in [-0.15, -0.1) is 0 Å². The van der Waals surface area contributed by atoms with E-state index in [9.17, 15) is 17.6 Å². The monoisotopic (exact) mass is 388 g/mol. The average molecular weight is 388 g/mol. The molecular formula is C18H17FN4O3S. The number of hydrogen-bond acceptors (Lipinski definition) is 4. The minimum absolute atomic E-state index is 0.135. The van der Waals surface area contributed by atoms with E-state index in [2.05, 4.69) is 20.2 Å². The van der Waals surface area contributed by atoms with Gasteiger partial charge < -0.3 is 5.32 Å². The largest absolute Gasteiger partial charge is 0.322 e. The standard InChI is InChI=1S/C18H17FN4O3S/c1-2-12-3-7-14(8-4-12)21-17(24)16-11-20-22-18(16)27(25,26)23-15-9-5-13(19)6-10-15/h3-11,23H,2H2,1H3,(H,20,22)(H,21,24). The molecule has 0 aliphatic heterocycles. The van der Waals surface area contributed by atoms with Gasteiger partial charge in [0, 0.05) is 11.4 Å². The third-order valence-corrected chi connectivity index (χ3v) is 5.19. The van der Waals surface area contributed by atoms with Crippen molar-refractivity contribution in [2.45, 2.75) is 18.4 Å². The molecule has 3 N–H and O–H groups in total. The highest BCUT2D eigenvalue weighted by molar-refractivity contribution is 7.92. The van der Waals surface area contributed by atoms with Crippen LogP contribution in [-0.2, 0) is 16.4 Å². The molecule has 140 valence electrons. The highest BCUT2D eigenvalue weighted by atomic mass is 32.2. The molecule has 9 heteroatoms. The molecule has 3 rings (SSSR count). The predicted molar refractivity (Wildman–Crippen MR) is 99.6 cm³/mol. The van der Waals surface area contributed by atoms with E-state index in [0.717, 1.165) is 30.3 Å². The number of anilines is 2. The second kappa shape index (κ2) is 7.58. The maximum Gasteiger partial charge on any atom is 0.279 e. The number of nitrogens with zero attached hydrogens (tertiary/aromatic N) is 1. The lowest BCUT2D eigenvalue weighted by molar-refractivity contribution is 0.102. The van der Waals surface area contributed by atoms with Gasteiger partial charge in [0.2, 0.25) is 0 Å². The molecule has 7 nitrogen and oxygen atoms in total. The molecule has 1 aromatic heterocycles. The molecule has 0 atom stereocenters. The smallest absolute Gasteiger partial charge is 0.279 e. The fourth-order valence-corrected chi connectivity index (χ4v) is 3.54. The van der Waals surface area contributed by atoms with Gasteiger partial charge >= 0.3 is 0 Å². The first-order valence-electron chi connectivity index (χ1n) is 8.11. The Hall–Kier alpha value is -3.20. The van der Waals surface area contributed by atoms with Crippen LogP contribution in [0.5, 0.6) is 0 Å². The summed E-state index contributed by atoms with van der Waals surface area (Å²) in [6.07, 6.45) is 2.00. The summed E-state index contributed by atoms with van der Waals surface area (Å²) in [5, 5.41) is 8.26. The molecule has 0 saturated carbocycles. The average Bonchev–Trinajstić information content (AvgIpc) is 3.15. The van der Waals surface area contributed by atoms with Crippen LogP contribution in [0.15, 0.2) is 59.8 Å². The first-order chi connectivity index (χ1) is 12.9. The Morgan fingerprint density at radius 3 is 2.33 bits per heavy atom. The Kier molecular flexibility index (Phi) is 5.22. The Labute approximate surface area is 155 Å². The third kappa shape index (κ3) is 4.32. The molecule has 0 bridgehead atoms. The van der Waals surface area contributed by atoms with Gasteiger partial charge in [-0.3, -0.25) is 14.6 Å². The van der Waals surface area contributed by atoms with Crippen LogP contribution in [0.2, 0.25) is 0 Å². The lowest BCUT2D eigenvalue weighted by Gasteiger charge is -2.09. The zero-order chi connectivity index (χ0) is 19.4. The predicted octanol–water partition coefficient (Wildman–Crippen LogP) is 3.16. The summed E-state index contributed by atoms with van der Waals surface area (Å²) in [7, 11) is -4.11. The van der Waals surface area contributed by atoms with Crippen LogP contribution in [-0.4, -0.2) is 24.5 Å². The lowest BCUT2D eigenvalue weighted by atomic mass is 10.1. The van der Waals surface area contributed by atoms with Crippen molar-refractivity contribution in [3.63, 3.8) is 0 Å². The number of aryl methyl sites for hydroxylation is 1. The number of rotatable bonds is 6. The number of halogens is 1. The third-order valence-electron chi connectivity index (χ3n) is 3.83. The van der Waals surface area contributed by atoms with Crippen LogP contribution in [0.3, 0.4) is 0 Å². The zero-order valence-electron chi connectivity index (χ0n) is 14.4. The van der Waals surface area contributed by atoms with Gasteiger partial charge in [0.05, 0.1) is 11.8 Å². The van der Waals surface area contributed by atoms with Gasteiger partial charge in [0.25, 0.3) is 15.9 Å². The summed E-state index contributed by atoms with van der Waals surface area (Å²) in [6, 6.07) is 12.0. The van der Waals surface area contributed by atoms with E-state index in [1.165, 1.54) is 12.1 Å². The zero-order valence-corrected chi connectivity index (χ0v) is 15.2. The molecule has 0 radical (unpaired) electrons. The highest BCUT2D eigenvalue weighted by Crippen LogP contribution is 2.19. The molecule has 0 fully saturated rings. The van der Waals surface area contributed by atoms with Crippen LogP contribution in [0, 0.1) is 5.82 Å². The van der Waals surface area contributed by atoms with Crippen molar-refractivity contribution in [3.05, 3.63) is 71.7 Å². The number of benzene rings is 2. The maximum absolute atomic E-state index is 13.0. The minimum Gasteiger partial charge on any atom is -0.322 e.